The second-order valence-corrected chi connectivity index (χ2v) is 9.84. The molecule has 1 fully saturated rings. The molecule has 0 aromatic carbocycles. The van der Waals surface area contributed by atoms with Crippen LogP contribution in [0.5, 0.6) is 0 Å². The number of aryl methyl sites for hydroxylation is 1. The Morgan fingerprint density at radius 2 is 2.15 bits per heavy atom. The number of hydrogen-bond donors (Lipinski definition) is 1. The van der Waals surface area contributed by atoms with Crippen molar-refractivity contribution in [2.24, 2.45) is 0 Å². The number of piperidine rings is 1. The van der Waals surface area contributed by atoms with E-state index in [0.717, 1.165) is 4.88 Å². The summed E-state index contributed by atoms with van der Waals surface area (Å²) in [4.78, 5) is 15.6. The maximum atomic E-state index is 13.6. The molecule has 3 rings (SSSR count). The molecule has 2 aliphatic heterocycles. The highest BCUT2D eigenvalue weighted by Crippen LogP contribution is 2.52. The lowest BCUT2D eigenvalue weighted by Gasteiger charge is -2.49. The summed E-state index contributed by atoms with van der Waals surface area (Å²) in [6.07, 6.45) is -2.37. The first-order valence-corrected chi connectivity index (χ1v) is 9.95. The van der Waals surface area contributed by atoms with Gasteiger partial charge >= 0.3 is 6.09 Å². The molecule has 0 aliphatic carbocycles. The average molecular weight is 403 g/mol. The number of carbonyl (C=O) groups excluding carboxylic acids is 1. The molecular formula is C19H27F2NO4S. The summed E-state index contributed by atoms with van der Waals surface area (Å²) in [7, 11) is 0. The zero-order valence-corrected chi connectivity index (χ0v) is 17.2. The van der Waals surface area contributed by atoms with E-state index in [1.165, 1.54) is 11.3 Å². The lowest BCUT2D eigenvalue weighted by atomic mass is 9.78. The minimum atomic E-state index is -2.93. The normalized spacial score (nSPS) is 31.3. The van der Waals surface area contributed by atoms with Crippen molar-refractivity contribution < 1.29 is 28.2 Å². The van der Waals surface area contributed by atoms with Crippen LogP contribution in [0.1, 0.15) is 55.9 Å². The van der Waals surface area contributed by atoms with Gasteiger partial charge in [-0.25, -0.2) is 13.6 Å². The van der Waals surface area contributed by atoms with Crippen molar-refractivity contribution in [1.82, 2.24) is 4.90 Å². The third kappa shape index (κ3) is 3.59. The number of aliphatic hydroxyl groups is 1. The molecule has 152 valence electrons. The zero-order chi connectivity index (χ0) is 20.2. The highest BCUT2D eigenvalue weighted by atomic mass is 32.1. The lowest BCUT2D eigenvalue weighted by molar-refractivity contribution is -0.209. The minimum Gasteiger partial charge on any atom is -0.444 e. The van der Waals surface area contributed by atoms with Gasteiger partial charge in [0.15, 0.2) is 5.60 Å². The predicted molar refractivity (Wildman–Crippen MR) is 98.2 cm³/mol. The molecule has 3 heterocycles. The summed E-state index contributed by atoms with van der Waals surface area (Å²) in [5, 5.41) is 10.5. The number of likely N-dealkylation sites (tertiary alicyclic amines) is 1. The van der Waals surface area contributed by atoms with Crippen molar-refractivity contribution in [3.05, 3.63) is 21.4 Å². The van der Waals surface area contributed by atoms with Crippen molar-refractivity contribution in [1.29, 1.82) is 0 Å². The molecule has 1 unspecified atom stereocenters. The fourth-order valence-electron chi connectivity index (χ4n) is 3.89. The first-order chi connectivity index (χ1) is 12.4. The smallest absolute Gasteiger partial charge is 0.410 e. The zero-order valence-electron chi connectivity index (χ0n) is 16.3. The number of fused-ring (bicyclic) bond motifs is 2. The van der Waals surface area contributed by atoms with E-state index in [-0.39, 0.29) is 17.7 Å². The van der Waals surface area contributed by atoms with E-state index in [0.29, 0.717) is 24.3 Å². The molecular weight excluding hydrogens is 376 g/mol. The Bertz CT molecular complexity index is 732. The van der Waals surface area contributed by atoms with E-state index in [4.69, 9.17) is 9.47 Å². The van der Waals surface area contributed by atoms with Crippen LogP contribution in [0.15, 0.2) is 6.07 Å². The SMILES string of the molecule is Cc1cc2c(s1)[C@]1(CCN(C(=O)OC(C)(C)C)[C@@H](C)C1)OCC2(O)C(F)F. The molecule has 5 nitrogen and oxygen atoms in total. The van der Waals surface area contributed by atoms with E-state index in [9.17, 15) is 18.7 Å². The fourth-order valence-corrected chi connectivity index (χ4v) is 5.16. The van der Waals surface area contributed by atoms with Crippen molar-refractivity contribution in [2.75, 3.05) is 13.2 Å². The molecule has 1 aromatic heterocycles. The second kappa shape index (κ2) is 6.67. The van der Waals surface area contributed by atoms with Gasteiger partial charge in [-0.1, -0.05) is 0 Å². The van der Waals surface area contributed by atoms with Gasteiger partial charge in [0.2, 0.25) is 0 Å². The van der Waals surface area contributed by atoms with Crippen LogP contribution in [0.25, 0.3) is 0 Å². The van der Waals surface area contributed by atoms with Crippen molar-refractivity contribution >= 4 is 17.4 Å². The number of hydrogen-bond acceptors (Lipinski definition) is 5. The van der Waals surface area contributed by atoms with Crippen LogP contribution in [0.3, 0.4) is 0 Å². The highest BCUT2D eigenvalue weighted by Gasteiger charge is 2.55. The van der Waals surface area contributed by atoms with Crippen LogP contribution in [-0.2, 0) is 20.7 Å². The molecule has 27 heavy (non-hydrogen) atoms. The monoisotopic (exact) mass is 403 g/mol. The summed E-state index contributed by atoms with van der Waals surface area (Å²) in [5.74, 6) is 0. The first-order valence-electron chi connectivity index (χ1n) is 9.13. The van der Waals surface area contributed by atoms with Crippen molar-refractivity contribution in [3.8, 4) is 0 Å². The molecule has 8 heteroatoms. The molecule has 1 saturated heterocycles. The number of nitrogens with zero attached hydrogens (tertiary/aromatic N) is 1. The van der Waals surface area contributed by atoms with Crippen LogP contribution in [0, 0.1) is 6.92 Å². The maximum absolute atomic E-state index is 13.6. The fraction of sp³-hybridized carbons (Fsp3) is 0.737. The topological polar surface area (TPSA) is 59.0 Å². The highest BCUT2D eigenvalue weighted by molar-refractivity contribution is 7.12. The minimum absolute atomic E-state index is 0.179. The summed E-state index contributed by atoms with van der Waals surface area (Å²) in [6, 6.07) is 1.46. The number of ether oxygens (including phenoxy) is 2. The molecule has 1 amide bonds. The third-order valence-electron chi connectivity index (χ3n) is 5.21. The predicted octanol–water partition coefficient (Wildman–Crippen LogP) is 4.15. The van der Waals surface area contributed by atoms with Crippen LogP contribution < -0.4 is 0 Å². The van der Waals surface area contributed by atoms with Gasteiger partial charge in [0.25, 0.3) is 6.43 Å². The van der Waals surface area contributed by atoms with E-state index >= 15 is 0 Å². The Balaban J connectivity index is 1.87. The molecule has 0 radical (unpaired) electrons. The molecule has 0 saturated carbocycles. The lowest BCUT2D eigenvalue weighted by Crippen LogP contribution is -2.56. The van der Waals surface area contributed by atoms with E-state index < -0.39 is 29.8 Å². The van der Waals surface area contributed by atoms with Gasteiger partial charge in [-0.2, -0.15) is 0 Å². The van der Waals surface area contributed by atoms with Crippen LogP contribution >= 0.6 is 11.3 Å². The average Bonchev–Trinajstić information content (AvgIpc) is 2.93. The Labute approximate surface area is 162 Å². The quantitative estimate of drug-likeness (QED) is 0.765. The van der Waals surface area contributed by atoms with Gasteiger partial charge < -0.3 is 19.5 Å². The Hall–Kier alpha value is -1.25. The first kappa shape index (κ1) is 20.5. The third-order valence-corrected chi connectivity index (χ3v) is 6.44. The Morgan fingerprint density at radius 1 is 1.48 bits per heavy atom. The standard InChI is InChI=1S/C19H27F2NO4S/c1-11-9-18(6-7-22(11)16(23)26-17(3,4)5)14-13(8-12(2)27-14)19(24,10-25-18)15(20)21/h8,11,15,24H,6-7,9-10H2,1-5H3/t11-,18+,19?/m0/s1. The largest absolute Gasteiger partial charge is 0.444 e. The number of thiophene rings is 1. The summed E-state index contributed by atoms with van der Waals surface area (Å²) in [6.45, 7) is 9.14. The van der Waals surface area contributed by atoms with Gasteiger partial charge in [-0.05, 0) is 47.1 Å². The van der Waals surface area contributed by atoms with Gasteiger partial charge in [0.1, 0.15) is 11.2 Å². The van der Waals surface area contributed by atoms with Gasteiger partial charge in [0.05, 0.1) is 6.61 Å². The van der Waals surface area contributed by atoms with Gasteiger partial charge in [-0.3, -0.25) is 0 Å². The molecule has 1 spiro atoms. The van der Waals surface area contributed by atoms with Crippen molar-refractivity contribution in [2.45, 2.75) is 76.7 Å². The Kier molecular flexibility index (Phi) is 5.06. The van der Waals surface area contributed by atoms with E-state index in [1.54, 1.807) is 11.0 Å². The summed E-state index contributed by atoms with van der Waals surface area (Å²) >= 11 is 1.38. The van der Waals surface area contributed by atoms with Gasteiger partial charge in [0, 0.05) is 34.3 Å². The number of amides is 1. The molecule has 1 aromatic rings. The summed E-state index contributed by atoms with van der Waals surface area (Å²) in [5.41, 5.74) is -3.35. The molecule has 0 bridgehead atoms. The maximum Gasteiger partial charge on any atom is 0.410 e. The molecule has 2 aliphatic rings. The second-order valence-electron chi connectivity index (χ2n) is 8.58. The van der Waals surface area contributed by atoms with Crippen LogP contribution in [0.2, 0.25) is 0 Å². The van der Waals surface area contributed by atoms with Crippen LogP contribution in [-0.4, -0.2) is 47.3 Å². The number of carbonyl (C=O) groups is 1. The summed E-state index contributed by atoms with van der Waals surface area (Å²) < 4.78 is 38.5. The van der Waals surface area contributed by atoms with Gasteiger partial charge in [-0.15, -0.1) is 11.3 Å². The molecule has 1 N–H and O–H groups in total. The van der Waals surface area contributed by atoms with E-state index in [2.05, 4.69) is 0 Å². The van der Waals surface area contributed by atoms with Crippen LogP contribution in [0.4, 0.5) is 13.6 Å². The van der Waals surface area contributed by atoms with Crippen molar-refractivity contribution in [3.63, 3.8) is 0 Å². The molecule has 3 atom stereocenters. The van der Waals surface area contributed by atoms with E-state index in [1.807, 2.05) is 34.6 Å². The number of alkyl halides is 2. The Morgan fingerprint density at radius 3 is 2.70 bits per heavy atom. The number of halogens is 2. The number of rotatable bonds is 1.